The van der Waals surface area contributed by atoms with E-state index < -0.39 is 22.1 Å². The largest absolute Gasteiger partial charge is 0.496 e. The lowest BCUT2D eigenvalue weighted by Gasteiger charge is -2.32. The van der Waals surface area contributed by atoms with Gasteiger partial charge in [0.1, 0.15) is 17.8 Å². The maximum absolute atomic E-state index is 13.6. The summed E-state index contributed by atoms with van der Waals surface area (Å²) < 4.78 is 33.5. The Morgan fingerprint density at radius 3 is 2.40 bits per heavy atom. The molecule has 2 amide bonds. The predicted octanol–water partition coefficient (Wildman–Crippen LogP) is 2.81. The maximum Gasteiger partial charge on any atom is 0.245 e. The van der Waals surface area contributed by atoms with Crippen molar-refractivity contribution in [1.29, 1.82) is 0 Å². The topological polar surface area (TPSA) is 87.2 Å². The molecule has 35 heavy (non-hydrogen) atoms. The van der Waals surface area contributed by atoms with Crippen LogP contribution in [0, 0.1) is 6.92 Å². The monoisotopic (exact) mass is 499 g/mol. The summed E-state index contributed by atoms with van der Waals surface area (Å²) in [5.41, 5.74) is 1.73. The first-order chi connectivity index (χ1) is 16.7. The molecule has 0 saturated carbocycles. The Kier molecular flexibility index (Phi) is 7.47. The summed E-state index contributed by atoms with van der Waals surface area (Å²) in [6.07, 6.45) is 2.36. The minimum atomic E-state index is -3.87. The average molecular weight is 500 g/mol. The molecule has 0 N–H and O–H groups in total. The number of hydrogen-bond donors (Lipinski definition) is 0. The van der Waals surface area contributed by atoms with Gasteiger partial charge in [-0.3, -0.25) is 9.59 Å². The molecule has 2 heterocycles. The zero-order valence-corrected chi connectivity index (χ0v) is 21.3. The van der Waals surface area contributed by atoms with Gasteiger partial charge >= 0.3 is 0 Å². The number of likely N-dealkylation sites (N-methyl/N-ethyl adjacent to an activating group) is 1. The van der Waals surface area contributed by atoms with Crippen molar-refractivity contribution in [2.75, 3.05) is 27.2 Å². The van der Waals surface area contributed by atoms with E-state index in [-0.39, 0.29) is 23.3 Å². The molecule has 0 radical (unpaired) electrons. The Morgan fingerprint density at radius 1 is 1.03 bits per heavy atom. The number of methoxy groups -OCH3 is 1. The number of amides is 2. The first-order valence-electron chi connectivity index (χ1n) is 12.0. The second-order valence-electron chi connectivity index (χ2n) is 9.27. The molecule has 2 aliphatic rings. The second-order valence-corrected chi connectivity index (χ2v) is 11.2. The van der Waals surface area contributed by atoms with Gasteiger partial charge < -0.3 is 14.5 Å². The molecule has 0 unspecified atom stereocenters. The van der Waals surface area contributed by atoms with Crippen LogP contribution >= 0.6 is 0 Å². The number of carbonyl (C=O) groups is 2. The van der Waals surface area contributed by atoms with E-state index in [1.165, 1.54) is 17.5 Å². The zero-order valence-electron chi connectivity index (χ0n) is 20.5. The molecular formula is C26H33N3O5S. The fraction of sp³-hybridized carbons (Fsp3) is 0.462. The summed E-state index contributed by atoms with van der Waals surface area (Å²) in [5.74, 6) is 0.217. The fourth-order valence-electron chi connectivity index (χ4n) is 5.09. The quantitative estimate of drug-likeness (QED) is 0.585. The van der Waals surface area contributed by atoms with Gasteiger partial charge in [-0.25, -0.2) is 8.42 Å². The van der Waals surface area contributed by atoms with Crippen LogP contribution in [0.15, 0.2) is 53.4 Å². The van der Waals surface area contributed by atoms with Crippen LogP contribution in [0.3, 0.4) is 0 Å². The van der Waals surface area contributed by atoms with Gasteiger partial charge in [0.15, 0.2) is 0 Å². The van der Waals surface area contributed by atoms with Crippen LogP contribution in [-0.4, -0.2) is 73.7 Å². The molecule has 2 fully saturated rings. The fourth-order valence-corrected chi connectivity index (χ4v) is 6.83. The van der Waals surface area contributed by atoms with Crippen molar-refractivity contribution in [3.05, 3.63) is 59.7 Å². The van der Waals surface area contributed by atoms with E-state index >= 15 is 0 Å². The molecule has 8 nitrogen and oxygen atoms in total. The van der Waals surface area contributed by atoms with Crippen molar-refractivity contribution in [3.63, 3.8) is 0 Å². The van der Waals surface area contributed by atoms with E-state index in [9.17, 15) is 18.0 Å². The van der Waals surface area contributed by atoms with Crippen molar-refractivity contribution in [3.8, 4) is 5.75 Å². The number of sulfonamides is 1. The summed E-state index contributed by atoms with van der Waals surface area (Å²) in [7, 11) is -0.587. The van der Waals surface area contributed by atoms with E-state index in [4.69, 9.17) is 4.74 Å². The van der Waals surface area contributed by atoms with Crippen LogP contribution in [-0.2, 0) is 26.2 Å². The molecule has 0 aromatic heterocycles. The highest BCUT2D eigenvalue weighted by Crippen LogP contribution is 2.31. The standard InChI is InChI=1S/C26H33N3O5S/c1-19-17-21(13-14-24(19)34-3)35(32,33)29-16-8-12-23(29)26(31)28-15-7-11-22(28)25(30)27(2)18-20-9-5-4-6-10-20/h4-6,9-10,13-14,17,22-23H,7-8,11-12,15-16,18H2,1-3H3/t22-,23-/m0/s1. The third-order valence-electron chi connectivity index (χ3n) is 6.92. The van der Waals surface area contributed by atoms with Crippen molar-refractivity contribution >= 4 is 21.8 Å². The molecule has 0 spiro atoms. The van der Waals surface area contributed by atoms with Gasteiger partial charge in [0.2, 0.25) is 21.8 Å². The van der Waals surface area contributed by atoms with Crippen LogP contribution < -0.4 is 4.74 Å². The Balaban J connectivity index is 1.51. The normalized spacial score (nSPS) is 20.7. The molecule has 0 bridgehead atoms. The van der Waals surface area contributed by atoms with Crippen molar-refractivity contribution in [2.24, 2.45) is 0 Å². The average Bonchev–Trinajstić information content (AvgIpc) is 3.54. The summed E-state index contributed by atoms with van der Waals surface area (Å²) in [6, 6.07) is 13.1. The Labute approximate surface area is 207 Å². The Morgan fingerprint density at radius 2 is 1.71 bits per heavy atom. The van der Waals surface area contributed by atoms with Crippen LogP contribution in [0.4, 0.5) is 0 Å². The number of rotatable bonds is 7. The van der Waals surface area contributed by atoms with Crippen LogP contribution in [0.1, 0.15) is 36.8 Å². The molecule has 0 aliphatic carbocycles. The van der Waals surface area contributed by atoms with Crippen molar-refractivity contribution < 1.29 is 22.7 Å². The van der Waals surface area contributed by atoms with Crippen LogP contribution in [0.2, 0.25) is 0 Å². The van der Waals surface area contributed by atoms with E-state index in [2.05, 4.69) is 0 Å². The van der Waals surface area contributed by atoms with Gasteiger partial charge in [-0.2, -0.15) is 4.31 Å². The number of nitrogens with zero attached hydrogens (tertiary/aromatic N) is 3. The SMILES string of the molecule is COc1ccc(S(=O)(=O)N2CCC[C@H]2C(=O)N2CCC[C@H]2C(=O)N(C)Cc2ccccc2)cc1C. The first kappa shape index (κ1) is 25.2. The van der Waals surface area contributed by atoms with Gasteiger partial charge in [-0.15, -0.1) is 0 Å². The Hall–Kier alpha value is -2.91. The predicted molar refractivity (Wildman–Crippen MR) is 132 cm³/mol. The molecular weight excluding hydrogens is 466 g/mol. The molecule has 9 heteroatoms. The van der Waals surface area contributed by atoms with E-state index in [1.807, 2.05) is 30.3 Å². The highest BCUT2D eigenvalue weighted by atomic mass is 32.2. The van der Waals surface area contributed by atoms with Gasteiger partial charge in [0.05, 0.1) is 12.0 Å². The Bertz CT molecular complexity index is 1180. The zero-order chi connectivity index (χ0) is 25.2. The lowest BCUT2D eigenvalue weighted by molar-refractivity contribution is -0.145. The molecule has 4 rings (SSSR count). The lowest BCUT2D eigenvalue weighted by atomic mass is 10.1. The smallest absolute Gasteiger partial charge is 0.245 e. The van der Waals surface area contributed by atoms with Crippen LogP contribution in [0.25, 0.3) is 0 Å². The van der Waals surface area contributed by atoms with Gasteiger partial charge in [-0.1, -0.05) is 30.3 Å². The summed E-state index contributed by atoms with van der Waals surface area (Å²) >= 11 is 0. The molecule has 188 valence electrons. The maximum atomic E-state index is 13.6. The highest BCUT2D eigenvalue weighted by molar-refractivity contribution is 7.89. The first-order valence-corrected chi connectivity index (χ1v) is 13.4. The summed E-state index contributed by atoms with van der Waals surface area (Å²) in [4.78, 5) is 30.3. The number of aryl methyl sites for hydroxylation is 1. The number of likely N-dealkylation sites (tertiary alicyclic amines) is 1. The minimum Gasteiger partial charge on any atom is -0.496 e. The second kappa shape index (κ2) is 10.4. The van der Waals surface area contributed by atoms with Crippen LogP contribution in [0.5, 0.6) is 5.75 Å². The van der Waals surface area contributed by atoms with Crippen molar-refractivity contribution in [2.45, 2.75) is 56.1 Å². The summed E-state index contributed by atoms with van der Waals surface area (Å²) in [5, 5.41) is 0. The van der Waals surface area contributed by atoms with Gasteiger partial charge in [0.25, 0.3) is 0 Å². The number of ether oxygens (including phenoxy) is 1. The van der Waals surface area contributed by atoms with E-state index in [1.54, 1.807) is 35.9 Å². The van der Waals surface area contributed by atoms with E-state index in [0.29, 0.717) is 43.7 Å². The molecule has 2 aromatic rings. The molecule has 2 aromatic carbocycles. The minimum absolute atomic E-state index is 0.113. The third kappa shape index (κ3) is 5.06. The van der Waals surface area contributed by atoms with Gasteiger partial charge in [-0.05, 0) is 61.9 Å². The highest BCUT2D eigenvalue weighted by Gasteiger charge is 2.45. The number of benzene rings is 2. The summed E-state index contributed by atoms with van der Waals surface area (Å²) in [6.45, 7) is 2.99. The third-order valence-corrected chi connectivity index (χ3v) is 8.83. The number of carbonyl (C=O) groups excluding carboxylic acids is 2. The van der Waals surface area contributed by atoms with Gasteiger partial charge in [0, 0.05) is 26.7 Å². The van der Waals surface area contributed by atoms with Crippen molar-refractivity contribution in [1.82, 2.24) is 14.1 Å². The molecule has 2 aliphatic heterocycles. The van der Waals surface area contributed by atoms with E-state index in [0.717, 1.165) is 12.0 Å². The molecule has 2 saturated heterocycles. The molecule has 2 atom stereocenters. The number of hydrogen-bond acceptors (Lipinski definition) is 5. The lowest BCUT2D eigenvalue weighted by Crippen LogP contribution is -2.52.